The summed E-state index contributed by atoms with van der Waals surface area (Å²) in [5.41, 5.74) is -6.67. The zero-order valence-corrected chi connectivity index (χ0v) is 33.2. The number of piperidine rings is 1. The Balaban J connectivity index is 1.06. The fraction of sp³-hybridized carbons (Fsp3) is 0.548. The molecule has 334 valence electrons. The Bertz CT molecular complexity index is 2370. The van der Waals surface area contributed by atoms with Crippen LogP contribution >= 0.6 is 0 Å². The number of halogens is 11. The molecule has 20 heteroatoms. The van der Waals surface area contributed by atoms with E-state index in [2.05, 4.69) is 25.9 Å². The Morgan fingerprint density at radius 3 is 2.26 bits per heavy atom. The quantitative estimate of drug-likeness (QED) is 0.120. The van der Waals surface area contributed by atoms with E-state index < -0.39 is 53.7 Å². The second-order valence-corrected chi connectivity index (χ2v) is 16.8. The number of hydrogen-bond donors (Lipinski definition) is 2. The van der Waals surface area contributed by atoms with Crippen LogP contribution in [-0.2, 0) is 11.2 Å². The number of rotatable bonds is 10. The number of likely N-dealkylation sites (tertiary alicyclic amines) is 1. The highest BCUT2D eigenvalue weighted by Crippen LogP contribution is 2.55. The molecule has 4 aliphatic rings. The van der Waals surface area contributed by atoms with Gasteiger partial charge in [-0.2, -0.15) is 49.5 Å². The molecule has 62 heavy (non-hydrogen) atoms. The number of fused-ring (bicyclic) bond motifs is 3. The molecule has 8 rings (SSSR count). The second-order valence-electron chi connectivity index (χ2n) is 16.8. The van der Waals surface area contributed by atoms with Gasteiger partial charge in [0, 0.05) is 48.1 Å². The lowest BCUT2D eigenvalue weighted by Crippen LogP contribution is -2.68. The van der Waals surface area contributed by atoms with Gasteiger partial charge in [-0.15, -0.1) is 6.42 Å². The third-order valence-corrected chi connectivity index (χ3v) is 12.7. The number of terminal acetylenes is 1. The largest absolute Gasteiger partial charge is 0.508 e. The Kier molecular flexibility index (Phi) is 11.2. The number of phenolic OH excluding ortho intramolecular Hbond substituents is 1. The summed E-state index contributed by atoms with van der Waals surface area (Å²) in [4.78, 5) is 18.3. The number of ether oxygens (including phenoxy) is 2. The van der Waals surface area contributed by atoms with Crippen LogP contribution in [0.25, 0.3) is 32.9 Å². The normalized spacial score (nSPS) is 21.2. The summed E-state index contributed by atoms with van der Waals surface area (Å²) >= 11 is 0. The molecule has 0 radical (unpaired) electrons. The average molecular weight is 887 g/mol. The molecule has 2 aromatic carbocycles. The summed E-state index contributed by atoms with van der Waals surface area (Å²) in [5.74, 6) is -0.0395. The first-order chi connectivity index (χ1) is 29.2. The lowest BCUT2D eigenvalue weighted by Gasteiger charge is -2.40. The summed E-state index contributed by atoms with van der Waals surface area (Å²) in [7, 11) is 0. The highest BCUT2D eigenvalue weighted by atomic mass is 19.4. The number of pyridine rings is 1. The first-order valence-corrected chi connectivity index (χ1v) is 20.2. The van der Waals surface area contributed by atoms with Crippen LogP contribution in [0, 0.1) is 35.3 Å². The van der Waals surface area contributed by atoms with Crippen molar-refractivity contribution in [3.63, 3.8) is 0 Å². The van der Waals surface area contributed by atoms with Gasteiger partial charge in [0.2, 0.25) is 0 Å². The number of nitrogens with zero attached hydrogens (tertiary/aromatic N) is 5. The van der Waals surface area contributed by atoms with Crippen LogP contribution in [-0.4, -0.2) is 107 Å². The lowest BCUT2D eigenvalue weighted by molar-refractivity contribution is -0.458. The van der Waals surface area contributed by atoms with Gasteiger partial charge in [0.15, 0.2) is 5.82 Å². The van der Waals surface area contributed by atoms with Crippen LogP contribution < -0.4 is 15.0 Å². The summed E-state index contributed by atoms with van der Waals surface area (Å²) in [6.45, 7) is 2.60. The predicted molar refractivity (Wildman–Crippen MR) is 205 cm³/mol. The van der Waals surface area contributed by atoms with E-state index in [1.807, 2.05) is 11.8 Å². The van der Waals surface area contributed by atoms with Gasteiger partial charge in [-0.1, -0.05) is 18.9 Å². The van der Waals surface area contributed by atoms with Crippen molar-refractivity contribution < 1.29 is 62.9 Å². The first kappa shape index (κ1) is 43.9. The van der Waals surface area contributed by atoms with Gasteiger partial charge >= 0.3 is 30.1 Å². The zero-order valence-electron chi connectivity index (χ0n) is 33.2. The Hall–Kier alpha value is -4.74. The fourth-order valence-electron chi connectivity index (χ4n) is 9.05. The van der Waals surface area contributed by atoms with Crippen molar-refractivity contribution in [2.45, 2.75) is 88.1 Å². The van der Waals surface area contributed by atoms with E-state index >= 15 is 8.78 Å². The minimum absolute atomic E-state index is 0.00964. The molecule has 0 spiro atoms. The standard InChI is InChI=1S/C42H41F11N6O3/c1-3-24-18-59-25(17-54-24)6-8-30-32-35(33(44)34(55-30)28-16-26(60)15-23-5-7-29(43)27(4-2)31(23)28)56-37(57-36(32)59)61-21-38(11-12-38)20-58-13-9-22(10-14-58)19-62-39(40(45,46)47,41(48,49)50)42(51,52)53/h2,5,7,15-16,22,24-25,54,60H,3,6,8-14,17-21H2,1H3/t24-,25-/m1/s1. The van der Waals surface area contributed by atoms with Crippen molar-refractivity contribution >= 4 is 27.5 Å². The topological polar surface area (TPSA) is 95.9 Å². The molecule has 2 atom stereocenters. The van der Waals surface area contributed by atoms with Gasteiger partial charge in [-0.3, -0.25) is 0 Å². The molecule has 2 aromatic heterocycles. The number of hydrogen-bond acceptors (Lipinski definition) is 9. The molecular formula is C42H41F11N6O3. The lowest BCUT2D eigenvalue weighted by atomic mass is 9.95. The van der Waals surface area contributed by atoms with E-state index in [9.17, 15) is 44.6 Å². The van der Waals surface area contributed by atoms with Gasteiger partial charge in [-0.25, -0.2) is 13.8 Å². The summed E-state index contributed by atoms with van der Waals surface area (Å²) < 4.78 is 163. The van der Waals surface area contributed by atoms with E-state index in [0.29, 0.717) is 67.6 Å². The molecule has 3 fully saturated rings. The van der Waals surface area contributed by atoms with Crippen molar-refractivity contribution in [2.75, 3.05) is 50.8 Å². The van der Waals surface area contributed by atoms with E-state index in [-0.39, 0.29) is 84.1 Å². The van der Waals surface area contributed by atoms with Crippen LogP contribution in [0.5, 0.6) is 11.8 Å². The molecule has 2 N–H and O–H groups in total. The maximum Gasteiger partial charge on any atom is 0.435 e. The van der Waals surface area contributed by atoms with Gasteiger partial charge in [0.25, 0.3) is 0 Å². The number of nitrogens with one attached hydrogen (secondary N) is 1. The minimum atomic E-state index is -6.79. The zero-order chi connectivity index (χ0) is 44.6. The van der Waals surface area contributed by atoms with E-state index in [1.54, 1.807) is 0 Å². The summed E-state index contributed by atoms with van der Waals surface area (Å²) in [6, 6.07) is 5.15. The van der Waals surface area contributed by atoms with Crippen molar-refractivity contribution in [2.24, 2.45) is 11.3 Å². The molecule has 0 bridgehead atoms. The van der Waals surface area contributed by atoms with Gasteiger partial charge < -0.3 is 29.7 Å². The Morgan fingerprint density at radius 1 is 0.935 bits per heavy atom. The number of phenols is 1. The number of piperazine rings is 1. The molecular weight excluding hydrogens is 845 g/mol. The summed E-state index contributed by atoms with van der Waals surface area (Å²) in [5, 5.41) is 15.2. The van der Waals surface area contributed by atoms with Crippen LogP contribution in [0.3, 0.4) is 0 Å². The molecule has 0 unspecified atom stereocenters. The van der Waals surface area contributed by atoms with Crippen molar-refractivity contribution in [1.29, 1.82) is 0 Å². The average Bonchev–Trinajstić information content (AvgIpc) is 3.99. The number of aryl methyl sites for hydroxylation is 1. The molecule has 1 saturated carbocycles. The van der Waals surface area contributed by atoms with Crippen LogP contribution in [0.2, 0.25) is 0 Å². The van der Waals surface area contributed by atoms with E-state index in [4.69, 9.17) is 21.1 Å². The molecule has 9 nitrogen and oxygen atoms in total. The maximum atomic E-state index is 17.2. The molecule has 5 heterocycles. The highest BCUT2D eigenvalue weighted by Gasteiger charge is 2.85. The minimum Gasteiger partial charge on any atom is -0.508 e. The molecule has 2 saturated heterocycles. The van der Waals surface area contributed by atoms with Crippen LogP contribution in [0.4, 0.5) is 54.1 Å². The smallest absolute Gasteiger partial charge is 0.435 e. The predicted octanol–water partition coefficient (Wildman–Crippen LogP) is 8.63. The number of aromatic nitrogens is 3. The molecule has 0 amide bonds. The van der Waals surface area contributed by atoms with Gasteiger partial charge in [0.1, 0.15) is 28.6 Å². The van der Waals surface area contributed by atoms with Crippen molar-refractivity contribution in [3.8, 4) is 35.4 Å². The van der Waals surface area contributed by atoms with Crippen molar-refractivity contribution in [1.82, 2.24) is 25.2 Å². The maximum absolute atomic E-state index is 17.2. The number of aromatic hydroxyl groups is 1. The third kappa shape index (κ3) is 7.71. The fourth-order valence-corrected chi connectivity index (χ4v) is 9.05. The number of benzene rings is 2. The SMILES string of the molecule is C#Cc1c(F)ccc2cc(O)cc(-c3nc4c5c(nc(OCC6(CN7CCC(COC(C(F)(F)F)(C(F)(F)F)C(F)(F)F)CC7)CC6)nc5c3F)N3C[C@@H](CC)NC[C@H]3CC4)c12. The number of anilines is 1. The van der Waals surface area contributed by atoms with Gasteiger partial charge in [-0.05, 0) is 87.5 Å². The van der Waals surface area contributed by atoms with Gasteiger partial charge in [0.05, 0.1) is 29.9 Å². The molecule has 4 aromatic rings. The molecule has 1 aliphatic carbocycles. The summed E-state index contributed by atoms with van der Waals surface area (Å²) in [6.07, 6.45) is -11.5. The highest BCUT2D eigenvalue weighted by molar-refractivity contribution is 6.03. The molecule has 3 aliphatic heterocycles. The number of alkyl halides is 9. The first-order valence-electron chi connectivity index (χ1n) is 20.2. The third-order valence-electron chi connectivity index (χ3n) is 12.7. The Labute approximate surface area is 348 Å². The van der Waals surface area contributed by atoms with Crippen LogP contribution in [0.1, 0.15) is 56.7 Å². The van der Waals surface area contributed by atoms with E-state index in [0.717, 1.165) is 12.5 Å². The Morgan fingerprint density at radius 2 is 1.63 bits per heavy atom. The monoisotopic (exact) mass is 886 g/mol. The van der Waals surface area contributed by atoms with E-state index in [1.165, 1.54) is 18.2 Å². The van der Waals surface area contributed by atoms with Crippen LogP contribution in [0.15, 0.2) is 24.3 Å². The second kappa shape index (κ2) is 15.8. The van der Waals surface area contributed by atoms with Crippen molar-refractivity contribution in [3.05, 3.63) is 47.2 Å².